The van der Waals surface area contributed by atoms with E-state index in [2.05, 4.69) is 40.1 Å². The van der Waals surface area contributed by atoms with Gasteiger partial charge in [-0.1, -0.05) is 6.07 Å². The van der Waals surface area contributed by atoms with E-state index in [4.69, 9.17) is 0 Å². The number of amides is 1. The molecule has 5 heteroatoms. The summed E-state index contributed by atoms with van der Waals surface area (Å²) in [6, 6.07) is 4.00. The molecule has 0 saturated carbocycles. The number of aryl methyl sites for hydroxylation is 1. The van der Waals surface area contributed by atoms with Gasteiger partial charge < -0.3 is 10.2 Å². The normalized spacial score (nSPS) is 14.0. The first-order valence-electron chi connectivity index (χ1n) is 7.07. The van der Waals surface area contributed by atoms with E-state index in [1.54, 1.807) is 6.20 Å². The summed E-state index contributed by atoms with van der Waals surface area (Å²) in [5, 5.41) is 3.99. The van der Waals surface area contributed by atoms with Crippen molar-refractivity contribution in [2.24, 2.45) is 0 Å². The van der Waals surface area contributed by atoms with E-state index in [0.29, 0.717) is 12.2 Å². The Morgan fingerprint density at radius 3 is 2.85 bits per heavy atom. The first-order valence-corrected chi connectivity index (χ1v) is 7.07. The summed E-state index contributed by atoms with van der Waals surface area (Å²) in [4.78, 5) is 22.9. The molecule has 1 aliphatic rings. The molecule has 0 radical (unpaired) electrons. The van der Waals surface area contributed by atoms with Crippen LogP contribution in [0.1, 0.15) is 25.8 Å². The lowest BCUT2D eigenvalue weighted by Gasteiger charge is -2.25. The molecule has 0 spiro atoms. The lowest BCUT2D eigenvalue weighted by Crippen LogP contribution is -2.26. The first-order chi connectivity index (χ1) is 9.74. The van der Waals surface area contributed by atoms with Crippen LogP contribution >= 0.6 is 0 Å². The van der Waals surface area contributed by atoms with Crippen LogP contribution in [0.4, 0.5) is 11.6 Å². The number of anilines is 2. The Morgan fingerprint density at radius 2 is 2.10 bits per heavy atom. The lowest BCUT2D eigenvalue weighted by atomic mass is 10.0. The van der Waals surface area contributed by atoms with Crippen LogP contribution in [-0.4, -0.2) is 29.0 Å². The molecular formula is C15H18N4O. The number of pyridine rings is 2. The molecule has 0 atom stereocenters. The maximum Gasteiger partial charge on any atom is 0.225 e. The van der Waals surface area contributed by atoms with Crippen molar-refractivity contribution in [1.82, 2.24) is 9.97 Å². The molecule has 1 aliphatic heterocycles. The highest BCUT2D eigenvalue weighted by Gasteiger charge is 2.22. The summed E-state index contributed by atoms with van der Waals surface area (Å²) in [6.45, 7) is 5.92. The lowest BCUT2D eigenvalue weighted by molar-refractivity contribution is -0.116. The van der Waals surface area contributed by atoms with Gasteiger partial charge in [-0.3, -0.25) is 9.78 Å². The van der Waals surface area contributed by atoms with Gasteiger partial charge in [0.05, 0.1) is 0 Å². The zero-order valence-electron chi connectivity index (χ0n) is 11.8. The van der Waals surface area contributed by atoms with Gasteiger partial charge in [0.15, 0.2) is 5.82 Å². The Kier molecular flexibility index (Phi) is 3.26. The van der Waals surface area contributed by atoms with Gasteiger partial charge in [0.2, 0.25) is 5.91 Å². The molecule has 1 N–H and O–H groups in total. The minimum Gasteiger partial charge on any atom is -0.355 e. The Labute approximate surface area is 118 Å². The van der Waals surface area contributed by atoms with Gasteiger partial charge in [-0.25, -0.2) is 4.98 Å². The van der Waals surface area contributed by atoms with Crippen molar-refractivity contribution in [1.29, 1.82) is 0 Å². The highest BCUT2D eigenvalue weighted by molar-refractivity contribution is 6.00. The third kappa shape index (κ3) is 1.99. The topological polar surface area (TPSA) is 58.1 Å². The second-order valence-electron chi connectivity index (χ2n) is 4.88. The van der Waals surface area contributed by atoms with Gasteiger partial charge in [0.25, 0.3) is 0 Å². The molecule has 2 aromatic rings. The van der Waals surface area contributed by atoms with Crippen LogP contribution in [0.2, 0.25) is 0 Å². The smallest absolute Gasteiger partial charge is 0.225 e. The van der Waals surface area contributed by atoms with Crippen molar-refractivity contribution in [3.8, 4) is 0 Å². The second-order valence-corrected chi connectivity index (χ2v) is 4.88. The number of nitrogens with zero attached hydrogens (tertiary/aromatic N) is 3. The van der Waals surface area contributed by atoms with Crippen LogP contribution in [0, 0.1) is 0 Å². The SMILES string of the molecule is CCN(CC)c1nc2c(c3cccnc13)CCC(=O)N2. The summed E-state index contributed by atoms with van der Waals surface area (Å²) in [5.41, 5.74) is 2.02. The highest BCUT2D eigenvalue weighted by atomic mass is 16.1. The summed E-state index contributed by atoms with van der Waals surface area (Å²) in [7, 11) is 0. The van der Waals surface area contributed by atoms with Gasteiger partial charge in [-0.05, 0) is 26.3 Å². The van der Waals surface area contributed by atoms with E-state index in [1.165, 1.54) is 0 Å². The molecule has 2 aromatic heterocycles. The van der Waals surface area contributed by atoms with E-state index < -0.39 is 0 Å². The minimum atomic E-state index is 0.0405. The largest absolute Gasteiger partial charge is 0.355 e. The number of nitrogens with one attached hydrogen (secondary N) is 1. The zero-order valence-corrected chi connectivity index (χ0v) is 11.8. The van der Waals surface area contributed by atoms with E-state index in [9.17, 15) is 4.79 Å². The number of hydrogen-bond acceptors (Lipinski definition) is 4. The average molecular weight is 270 g/mol. The number of fused-ring (bicyclic) bond motifs is 3. The predicted octanol–water partition coefficient (Wildman–Crippen LogP) is 2.36. The Balaban J connectivity index is 2.27. The monoisotopic (exact) mass is 270 g/mol. The predicted molar refractivity (Wildman–Crippen MR) is 80.0 cm³/mol. The highest BCUT2D eigenvalue weighted by Crippen LogP contribution is 2.33. The fourth-order valence-electron chi connectivity index (χ4n) is 2.71. The van der Waals surface area contributed by atoms with Crippen molar-refractivity contribution < 1.29 is 4.79 Å². The third-order valence-corrected chi connectivity index (χ3v) is 3.77. The molecule has 3 heterocycles. The van der Waals surface area contributed by atoms with Crippen LogP contribution in [0.15, 0.2) is 18.3 Å². The second kappa shape index (κ2) is 5.07. The van der Waals surface area contributed by atoms with Crippen molar-refractivity contribution in [2.45, 2.75) is 26.7 Å². The molecule has 20 heavy (non-hydrogen) atoms. The van der Waals surface area contributed by atoms with Crippen LogP contribution in [0.5, 0.6) is 0 Å². The molecule has 5 nitrogen and oxygen atoms in total. The number of carbonyl (C=O) groups is 1. The molecule has 0 unspecified atom stereocenters. The molecule has 3 rings (SSSR count). The standard InChI is InChI=1S/C15H18N4O/c1-3-19(4-2)15-13-10(6-5-9-16-13)11-7-8-12(20)17-14(11)18-15/h5-6,9H,3-4,7-8H2,1-2H3,(H,17,18,20). The maximum absolute atomic E-state index is 11.6. The number of aromatic nitrogens is 2. The molecule has 0 aromatic carbocycles. The summed E-state index contributed by atoms with van der Waals surface area (Å²) >= 11 is 0. The fraction of sp³-hybridized carbons (Fsp3) is 0.400. The number of carbonyl (C=O) groups excluding carboxylic acids is 1. The minimum absolute atomic E-state index is 0.0405. The molecule has 0 fully saturated rings. The fourth-order valence-corrected chi connectivity index (χ4v) is 2.71. The molecule has 0 saturated heterocycles. The Bertz CT molecular complexity index is 664. The Morgan fingerprint density at radius 1 is 1.30 bits per heavy atom. The summed E-state index contributed by atoms with van der Waals surface area (Å²) < 4.78 is 0. The van der Waals surface area contributed by atoms with Gasteiger partial charge in [-0.2, -0.15) is 0 Å². The van der Waals surface area contributed by atoms with Crippen molar-refractivity contribution in [3.63, 3.8) is 0 Å². The molecular weight excluding hydrogens is 252 g/mol. The van der Waals surface area contributed by atoms with E-state index in [0.717, 1.165) is 41.8 Å². The van der Waals surface area contributed by atoms with Gasteiger partial charge in [-0.15, -0.1) is 0 Å². The number of rotatable bonds is 3. The van der Waals surface area contributed by atoms with Crippen LogP contribution in [0.3, 0.4) is 0 Å². The summed E-state index contributed by atoms with van der Waals surface area (Å²) in [6.07, 6.45) is 3.04. The zero-order chi connectivity index (χ0) is 14.1. The van der Waals surface area contributed by atoms with Gasteiger partial charge in [0.1, 0.15) is 11.3 Å². The average Bonchev–Trinajstić information content (AvgIpc) is 2.48. The van der Waals surface area contributed by atoms with E-state index in [1.807, 2.05) is 6.07 Å². The van der Waals surface area contributed by atoms with Crippen molar-refractivity contribution in [3.05, 3.63) is 23.9 Å². The Hall–Kier alpha value is -2.17. The van der Waals surface area contributed by atoms with Gasteiger partial charge in [0, 0.05) is 36.7 Å². The van der Waals surface area contributed by atoms with Gasteiger partial charge >= 0.3 is 0 Å². The molecule has 104 valence electrons. The quantitative estimate of drug-likeness (QED) is 0.930. The van der Waals surface area contributed by atoms with Crippen LogP contribution in [-0.2, 0) is 11.2 Å². The molecule has 1 amide bonds. The van der Waals surface area contributed by atoms with Crippen molar-refractivity contribution in [2.75, 3.05) is 23.3 Å². The number of hydrogen-bond donors (Lipinski definition) is 1. The van der Waals surface area contributed by atoms with Crippen molar-refractivity contribution >= 4 is 28.4 Å². The van der Waals surface area contributed by atoms with Crippen LogP contribution < -0.4 is 10.2 Å². The maximum atomic E-state index is 11.6. The molecule has 0 aliphatic carbocycles. The van der Waals surface area contributed by atoms with E-state index in [-0.39, 0.29) is 5.91 Å². The van der Waals surface area contributed by atoms with E-state index >= 15 is 0 Å². The third-order valence-electron chi connectivity index (χ3n) is 3.77. The first kappa shape index (κ1) is 12.8. The summed E-state index contributed by atoms with van der Waals surface area (Å²) in [5.74, 6) is 1.59. The van der Waals surface area contributed by atoms with Crippen LogP contribution in [0.25, 0.3) is 10.9 Å². The molecule has 0 bridgehead atoms.